The Morgan fingerprint density at radius 1 is 0.886 bits per heavy atom. The first-order valence-electron chi connectivity index (χ1n) is 16.4. The Kier molecular flexibility index (Phi) is 9.77. The average molecular weight is 613 g/mol. The highest BCUT2D eigenvalue weighted by Crippen LogP contribution is 2.28. The van der Waals surface area contributed by atoms with Gasteiger partial charge in [0.15, 0.2) is 0 Å². The van der Waals surface area contributed by atoms with Crippen LogP contribution in [0.1, 0.15) is 68.1 Å². The van der Waals surface area contributed by atoms with Gasteiger partial charge in [0.1, 0.15) is 11.9 Å². The molecule has 0 aliphatic carbocycles. The molecule has 1 aromatic rings. The number of halogens is 1. The number of nitrogens with zero attached hydrogens (tertiary/aromatic N) is 3. The molecule has 4 bridgehead atoms. The van der Waals surface area contributed by atoms with Gasteiger partial charge < -0.3 is 30.5 Å². The number of benzene rings is 1. The Hall–Kier alpha value is -3.09. The minimum Gasteiger partial charge on any atom is -0.381 e. The second-order valence-corrected chi connectivity index (χ2v) is 12.9. The number of amides is 4. The van der Waals surface area contributed by atoms with Gasteiger partial charge >= 0.3 is 0 Å². The van der Waals surface area contributed by atoms with E-state index < -0.39 is 11.9 Å². The van der Waals surface area contributed by atoms with E-state index >= 15 is 0 Å². The quantitative estimate of drug-likeness (QED) is 0.466. The second-order valence-electron chi connectivity index (χ2n) is 12.9. The predicted octanol–water partition coefficient (Wildman–Crippen LogP) is 1.03. The van der Waals surface area contributed by atoms with Crippen LogP contribution in [0.3, 0.4) is 0 Å². The largest absolute Gasteiger partial charge is 0.381 e. The van der Waals surface area contributed by atoms with Crippen LogP contribution in [-0.4, -0.2) is 121 Å². The standard InChI is InChI=1S/C32H45FN6O5/c33-22-7-5-21(6-8-22)31(42)39-20-24-19-28(39)29(40)34-13-1-3-26(35-23-11-17-44-18-12-23)32(43)37-15-9-25(10-16-37)38-14-2-4-27(38)30(41)36-24/h5-8,23-28,35H,1-4,9-20H2,(H,34,40)(H,36,41)/t24-,26+,27-,28+/m1/s1. The molecule has 6 aliphatic rings. The van der Waals surface area contributed by atoms with Crippen LogP contribution >= 0.6 is 0 Å². The van der Waals surface area contributed by atoms with E-state index in [0.29, 0.717) is 57.7 Å². The van der Waals surface area contributed by atoms with E-state index in [1.807, 2.05) is 4.90 Å². The number of piperidine rings is 1. The molecular weight excluding hydrogens is 567 g/mol. The summed E-state index contributed by atoms with van der Waals surface area (Å²) in [5.74, 6) is -1.06. The smallest absolute Gasteiger partial charge is 0.254 e. The van der Waals surface area contributed by atoms with Crippen molar-refractivity contribution in [3.05, 3.63) is 35.6 Å². The highest BCUT2D eigenvalue weighted by Gasteiger charge is 2.43. The summed E-state index contributed by atoms with van der Waals surface area (Å²) < 4.78 is 19.1. The van der Waals surface area contributed by atoms with Crippen molar-refractivity contribution in [2.75, 3.05) is 45.9 Å². The molecule has 0 spiro atoms. The van der Waals surface area contributed by atoms with Gasteiger partial charge in [-0.25, -0.2) is 4.39 Å². The van der Waals surface area contributed by atoms with Crippen molar-refractivity contribution in [3.8, 4) is 0 Å². The maximum absolute atomic E-state index is 13.8. The summed E-state index contributed by atoms with van der Waals surface area (Å²) in [4.78, 5) is 60.2. The summed E-state index contributed by atoms with van der Waals surface area (Å²) in [7, 11) is 0. The minimum atomic E-state index is -0.767. The van der Waals surface area contributed by atoms with Crippen LogP contribution in [0.5, 0.6) is 0 Å². The van der Waals surface area contributed by atoms with Crippen LogP contribution in [0, 0.1) is 5.82 Å². The Balaban J connectivity index is 1.21. The van der Waals surface area contributed by atoms with Crippen LogP contribution in [0.15, 0.2) is 24.3 Å². The van der Waals surface area contributed by atoms with Gasteiger partial charge in [0, 0.05) is 63.1 Å². The van der Waals surface area contributed by atoms with E-state index in [0.717, 1.165) is 45.1 Å². The molecule has 6 aliphatic heterocycles. The van der Waals surface area contributed by atoms with Crippen LogP contribution in [0.4, 0.5) is 4.39 Å². The van der Waals surface area contributed by atoms with Gasteiger partial charge in [-0.15, -0.1) is 0 Å². The molecule has 12 heteroatoms. The number of hydrogen-bond donors (Lipinski definition) is 3. The van der Waals surface area contributed by atoms with Crippen LogP contribution < -0.4 is 16.0 Å². The van der Waals surface area contributed by atoms with Crippen LogP contribution in [0.2, 0.25) is 0 Å². The fourth-order valence-corrected chi connectivity index (χ4v) is 7.68. The van der Waals surface area contributed by atoms with E-state index in [9.17, 15) is 23.6 Å². The Morgan fingerprint density at radius 2 is 1.64 bits per heavy atom. The molecule has 6 saturated heterocycles. The SMILES string of the molecule is O=C1N[C@@H]2C[C@@H](C(=O)NCCC[C@H](NC3CCOCC3)C(=O)N3CCC(CC3)N3CCC[C@H]13)N(C(=O)c1ccc(F)cc1)C2. The average Bonchev–Trinajstić information content (AvgIpc) is 3.70. The molecule has 1 aromatic carbocycles. The van der Waals surface area contributed by atoms with Crippen LogP contribution in [0.25, 0.3) is 0 Å². The molecule has 4 atom stereocenters. The lowest BCUT2D eigenvalue weighted by atomic mass is 9.99. The molecule has 0 aromatic heterocycles. The molecule has 6 fully saturated rings. The van der Waals surface area contributed by atoms with Gasteiger partial charge in [-0.05, 0) is 88.6 Å². The third kappa shape index (κ3) is 6.92. The molecule has 11 nitrogen and oxygen atoms in total. The summed E-state index contributed by atoms with van der Waals surface area (Å²) in [6, 6.07) is 4.01. The van der Waals surface area contributed by atoms with E-state index in [1.54, 1.807) is 0 Å². The molecule has 7 rings (SSSR count). The maximum atomic E-state index is 13.8. The number of nitrogens with one attached hydrogen (secondary N) is 3. The van der Waals surface area contributed by atoms with Crippen molar-refractivity contribution in [2.45, 2.75) is 94.0 Å². The molecular formula is C32H45FN6O5. The fraction of sp³-hybridized carbons (Fsp3) is 0.688. The topological polar surface area (TPSA) is 123 Å². The maximum Gasteiger partial charge on any atom is 0.254 e. The summed E-state index contributed by atoms with van der Waals surface area (Å²) in [6.45, 7) is 4.11. The van der Waals surface area contributed by atoms with Crippen molar-refractivity contribution >= 4 is 23.6 Å². The van der Waals surface area contributed by atoms with Crippen molar-refractivity contribution < 1.29 is 28.3 Å². The zero-order chi connectivity index (χ0) is 30.6. The third-order valence-corrected chi connectivity index (χ3v) is 10.1. The first-order valence-corrected chi connectivity index (χ1v) is 16.4. The van der Waals surface area contributed by atoms with Gasteiger partial charge in [-0.2, -0.15) is 0 Å². The van der Waals surface area contributed by atoms with Crippen molar-refractivity contribution in [1.82, 2.24) is 30.7 Å². The summed E-state index contributed by atoms with van der Waals surface area (Å²) in [5, 5.41) is 9.76. The highest BCUT2D eigenvalue weighted by molar-refractivity contribution is 5.98. The first-order chi connectivity index (χ1) is 21.4. The molecule has 44 heavy (non-hydrogen) atoms. The zero-order valence-corrected chi connectivity index (χ0v) is 25.3. The number of carbonyl (C=O) groups excluding carboxylic acids is 4. The van der Waals surface area contributed by atoms with Gasteiger partial charge in [0.2, 0.25) is 17.7 Å². The summed E-state index contributed by atoms with van der Waals surface area (Å²) in [5.41, 5.74) is 0.294. The monoisotopic (exact) mass is 612 g/mol. The number of fused-ring (bicyclic) bond motifs is 9. The highest BCUT2D eigenvalue weighted by atomic mass is 19.1. The summed E-state index contributed by atoms with van der Waals surface area (Å²) >= 11 is 0. The first kappa shape index (κ1) is 30.9. The summed E-state index contributed by atoms with van der Waals surface area (Å²) in [6.07, 6.45) is 6.58. The molecule has 4 amide bonds. The normalized spacial score (nSPS) is 31.3. The van der Waals surface area contributed by atoms with Crippen molar-refractivity contribution in [3.63, 3.8) is 0 Å². The van der Waals surface area contributed by atoms with Crippen LogP contribution in [-0.2, 0) is 19.1 Å². The Bertz CT molecular complexity index is 1200. The fourth-order valence-electron chi connectivity index (χ4n) is 7.68. The number of ether oxygens (including phenoxy) is 1. The Labute approximate surface area is 258 Å². The molecule has 0 unspecified atom stereocenters. The third-order valence-electron chi connectivity index (χ3n) is 10.1. The molecule has 0 saturated carbocycles. The van der Waals surface area contributed by atoms with E-state index in [-0.39, 0.29) is 60.4 Å². The lowest BCUT2D eigenvalue weighted by Crippen LogP contribution is -2.56. The van der Waals surface area contributed by atoms with Gasteiger partial charge in [-0.3, -0.25) is 24.1 Å². The number of carbonyl (C=O) groups is 4. The van der Waals surface area contributed by atoms with E-state index in [4.69, 9.17) is 4.74 Å². The number of rotatable bonds is 3. The number of hydrogen-bond acceptors (Lipinski definition) is 7. The molecule has 0 radical (unpaired) electrons. The van der Waals surface area contributed by atoms with Crippen molar-refractivity contribution in [2.24, 2.45) is 0 Å². The molecule has 240 valence electrons. The number of likely N-dealkylation sites (tertiary alicyclic amines) is 1. The lowest BCUT2D eigenvalue weighted by Gasteiger charge is -2.40. The molecule has 3 N–H and O–H groups in total. The Morgan fingerprint density at radius 3 is 2.39 bits per heavy atom. The zero-order valence-electron chi connectivity index (χ0n) is 25.3. The van der Waals surface area contributed by atoms with E-state index in [2.05, 4.69) is 20.9 Å². The van der Waals surface area contributed by atoms with Crippen molar-refractivity contribution in [1.29, 1.82) is 0 Å². The minimum absolute atomic E-state index is 0.0666. The van der Waals surface area contributed by atoms with E-state index in [1.165, 1.54) is 29.2 Å². The molecule has 6 heterocycles. The second kappa shape index (κ2) is 13.9. The van der Waals surface area contributed by atoms with Gasteiger partial charge in [0.05, 0.1) is 12.1 Å². The predicted molar refractivity (Wildman–Crippen MR) is 160 cm³/mol. The lowest BCUT2D eigenvalue weighted by molar-refractivity contribution is -0.136. The van der Waals surface area contributed by atoms with Gasteiger partial charge in [-0.1, -0.05) is 0 Å². The van der Waals surface area contributed by atoms with Gasteiger partial charge in [0.25, 0.3) is 5.91 Å².